The molecular weight excluding hydrogens is 420 g/mol. The predicted molar refractivity (Wildman–Crippen MR) is 119 cm³/mol. The van der Waals surface area contributed by atoms with Crippen LogP contribution in [0, 0.1) is 0 Å². The van der Waals surface area contributed by atoms with E-state index in [0.717, 1.165) is 17.5 Å². The van der Waals surface area contributed by atoms with Crippen LogP contribution in [0.4, 0.5) is 0 Å². The van der Waals surface area contributed by atoms with Gasteiger partial charge in [-0.3, -0.25) is 0 Å². The van der Waals surface area contributed by atoms with Gasteiger partial charge in [0, 0.05) is 0 Å². The Morgan fingerprint density at radius 1 is 1.00 bits per heavy atom. The van der Waals surface area contributed by atoms with Gasteiger partial charge >= 0.3 is 0 Å². The molecule has 0 saturated heterocycles. The molecule has 0 fully saturated rings. The molecule has 0 saturated carbocycles. The van der Waals surface area contributed by atoms with Crippen LogP contribution in [-0.2, 0) is 6.42 Å². The summed E-state index contributed by atoms with van der Waals surface area (Å²) in [6, 6.07) is 9.28. The van der Waals surface area contributed by atoms with Crippen LogP contribution >= 0.6 is 11.6 Å². The maximum atomic E-state index is 6.40. The molecule has 0 bridgehead atoms. The van der Waals surface area contributed by atoms with E-state index in [9.17, 15) is 0 Å². The van der Waals surface area contributed by atoms with Crippen LogP contribution in [0.25, 0.3) is 0 Å². The van der Waals surface area contributed by atoms with Crippen molar-refractivity contribution in [3.63, 3.8) is 0 Å². The van der Waals surface area contributed by atoms with Gasteiger partial charge in [0.15, 0.2) is 23.0 Å². The van der Waals surface area contributed by atoms with Gasteiger partial charge < -0.3 is 18.9 Å². The SMILES string of the molecule is C=CCc1ccc(OCCOc2c(Cl)cc(/C=N/n3cnnc3)cc2OC)c(OC)c1. The summed E-state index contributed by atoms with van der Waals surface area (Å²) in [5, 5.41) is 12.0. The second kappa shape index (κ2) is 11.0. The number of aromatic nitrogens is 3. The van der Waals surface area contributed by atoms with E-state index >= 15 is 0 Å². The summed E-state index contributed by atoms with van der Waals surface area (Å²) in [7, 11) is 3.15. The number of hydrogen-bond acceptors (Lipinski definition) is 7. The molecule has 0 spiro atoms. The summed E-state index contributed by atoms with van der Waals surface area (Å²) in [5.41, 5.74) is 1.84. The summed E-state index contributed by atoms with van der Waals surface area (Å²) in [5.74, 6) is 2.22. The summed E-state index contributed by atoms with van der Waals surface area (Å²) in [6.45, 7) is 4.31. The Morgan fingerprint density at radius 2 is 1.74 bits per heavy atom. The fourth-order valence-corrected chi connectivity index (χ4v) is 3.04. The number of nitrogens with zero attached hydrogens (tertiary/aromatic N) is 4. The first-order valence-corrected chi connectivity index (χ1v) is 9.82. The molecule has 0 aliphatic heterocycles. The van der Waals surface area contributed by atoms with E-state index in [0.29, 0.717) is 34.6 Å². The lowest BCUT2D eigenvalue weighted by Crippen LogP contribution is -2.10. The molecule has 2 aromatic carbocycles. The summed E-state index contributed by atoms with van der Waals surface area (Å²) < 4.78 is 23.9. The zero-order valence-electron chi connectivity index (χ0n) is 17.3. The zero-order chi connectivity index (χ0) is 22.1. The molecule has 0 unspecified atom stereocenters. The number of hydrogen-bond donors (Lipinski definition) is 0. The fraction of sp³-hybridized carbons (Fsp3) is 0.227. The van der Waals surface area contributed by atoms with Crippen LogP contribution in [0.15, 0.2) is 60.7 Å². The molecule has 3 aromatic rings. The first kappa shape index (κ1) is 22.2. The first-order valence-electron chi connectivity index (χ1n) is 9.44. The van der Waals surface area contributed by atoms with Gasteiger partial charge in [0.05, 0.1) is 25.5 Å². The number of rotatable bonds is 11. The van der Waals surface area contributed by atoms with Gasteiger partial charge in [-0.05, 0) is 41.8 Å². The van der Waals surface area contributed by atoms with Crippen LogP contribution in [0.5, 0.6) is 23.0 Å². The molecular formula is C22H23ClN4O4. The standard InChI is InChI=1S/C22H23ClN4O4/c1-4-5-16-6-7-19(20(11-16)28-2)30-8-9-31-22-18(23)10-17(12-21(22)29-3)13-26-27-14-24-25-15-27/h4,6-7,10-15H,1,5,8-9H2,2-3H3/b26-13+. The Balaban J connectivity index is 1.62. The van der Waals surface area contributed by atoms with Crippen molar-refractivity contribution in [2.45, 2.75) is 6.42 Å². The minimum Gasteiger partial charge on any atom is -0.493 e. The number of halogens is 1. The van der Waals surface area contributed by atoms with Crippen LogP contribution < -0.4 is 18.9 Å². The highest BCUT2D eigenvalue weighted by Gasteiger charge is 2.12. The lowest BCUT2D eigenvalue weighted by atomic mass is 10.1. The van der Waals surface area contributed by atoms with Crippen molar-refractivity contribution >= 4 is 17.8 Å². The second-order valence-corrected chi connectivity index (χ2v) is 6.70. The highest BCUT2D eigenvalue weighted by molar-refractivity contribution is 6.32. The van der Waals surface area contributed by atoms with Gasteiger partial charge in [-0.25, -0.2) is 4.68 Å². The number of methoxy groups -OCH3 is 2. The smallest absolute Gasteiger partial charge is 0.179 e. The van der Waals surface area contributed by atoms with Gasteiger partial charge in [-0.1, -0.05) is 23.7 Å². The molecule has 9 heteroatoms. The van der Waals surface area contributed by atoms with E-state index in [4.69, 9.17) is 30.5 Å². The largest absolute Gasteiger partial charge is 0.493 e. The van der Waals surface area contributed by atoms with Crippen molar-refractivity contribution in [1.82, 2.24) is 14.9 Å². The Kier molecular flexibility index (Phi) is 7.89. The lowest BCUT2D eigenvalue weighted by molar-refractivity contribution is 0.206. The third kappa shape index (κ3) is 5.99. The van der Waals surface area contributed by atoms with Gasteiger partial charge in [-0.15, -0.1) is 16.8 Å². The molecule has 31 heavy (non-hydrogen) atoms. The topological polar surface area (TPSA) is 80.0 Å². The van der Waals surface area contributed by atoms with Crippen molar-refractivity contribution in [2.24, 2.45) is 5.10 Å². The Labute approximate surface area is 185 Å². The molecule has 3 rings (SSSR count). The van der Waals surface area contributed by atoms with E-state index in [-0.39, 0.29) is 6.61 Å². The normalized spacial score (nSPS) is 10.8. The van der Waals surface area contributed by atoms with Crippen molar-refractivity contribution in [1.29, 1.82) is 0 Å². The molecule has 1 heterocycles. The van der Waals surface area contributed by atoms with Crippen LogP contribution in [0.2, 0.25) is 5.02 Å². The maximum absolute atomic E-state index is 6.40. The fourth-order valence-electron chi connectivity index (χ4n) is 2.76. The molecule has 8 nitrogen and oxygen atoms in total. The van der Waals surface area contributed by atoms with Crippen molar-refractivity contribution < 1.29 is 18.9 Å². The minimum atomic E-state index is 0.266. The van der Waals surface area contributed by atoms with Crippen molar-refractivity contribution in [3.8, 4) is 23.0 Å². The van der Waals surface area contributed by atoms with Gasteiger partial charge in [0.1, 0.15) is 25.9 Å². The first-order chi connectivity index (χ1) is 15.1. The highest BCUT2D eigenvalue weighted by atomic mass is 35.5. The monoisotopic (exact) mass is 442 g/mol. The third-order valence-electron chi connectivity index (χ3n) is 4.19. The Morgan fingerprint density at radius 3 is 2.45 bits per heavy atom. The molecule has 0 aliphatic carbocycles. The number of allylic oxidation sites excluding steroid dienone is 1. The number of ether oxygens (including phenoxy) is 4. The van der Waals surface area contributed by atoms with Crippen LogP contribution in [0.3, 0.4) is 0 Å². The quantitative estimate of drug-likeness (QED) is 0.253. The average Bonchev–Trinajstić information content (AvgIpc) is 3.30. The van der Waals surface area contributed by atoms with E-state index < -0.39 is 0 Å². The summed E-state index contributed by atoms with van der Waals surface area (Å²) in [6.07, 6.45) is 7.18. The molecule has 162 valence electrons. The molecule has 0 amide bonds. The molecule has 0 radical (unpaired) electrons. The minimum absolute atomic E-state index is 0.266. The van der Waals surface area contributed by atoms with Crippen molar-refractivity contribution in [2.75, 3.05) is 27.4 Å². The second-order valence-electron chi connectivity index (χ2n) is 6.30. The molecule has 0 atom stereocenters. The van der Waals surface area contributed by atoms with Crippen LogP contribution in [0.1, 0.15) is 11.1 Å². The Hall–Kier alpha value is -3.52. The Bertz CT molecular complexity index is 1040. The van der Waals surface area contributed by atoms with E-state index in [1.165, 1.54) is 17.3 Å². The average molecular weight is 443 g/mol. The van der Waals surface area contributed by atoms with E-state index in [1.54, 1.807) is 32.6 Å². The lowest BCUT2D eigenvalue weighted by Gasteiger charge is -2.15. The highest BCUT2D eigenvalue weighted by Crippen LogP contribution is 2.36. The predicted octanol–water partition coefficient (Wildman–Crippen LogP) is 4.02. The number of benzene rings is 2. The van der Waals surface area contributed by atoms with E-state index in [2.05, 4.69) is 21.9 Å². The molecule has 0 N–H and O–H groups in total. The van der Waals surface area contributed by atoms with Gasteiger partial charge in [0.2, 0.25) is 0 Å². The van der Waals surface area contributed by atoms with Gasteiger partial charge in [0.25, 0.3) is 0 Å². The maximum Gasteiger partial charge on any atom is 0.179 e. The third-order valence-corrected chi connectivity index (χ3v) is 4.47. The molecule has 0 aliphatic rings. The zero-order valence-corrected chi connectivity index (χ0v) is 18.1. The summed E-state index contributed by atoms with van der Waals surface area (Å²) >= 11 is 6.40. The molecule has 1 aromatic heterocycles. The van der Waals surface area contributed by atoms with Gasteiger partial charge in [-0.2, -0.15) is 5.10 Å². The summed E-state index contributed by atoms with van der Waals surface area (Å²) in [4.78, 5) is 0. The van der Waals surface area contributed by atoms with Crippen LogP contribution in [-0.4, -0.2) is 48.5 Å². The van der Waals surface area contributed by atoms with E-state index in [1.807, 2.05) is 24.3 Å². The van der Waals surface area contributed by atoms with Crippen molar-refractivity contribution in [3.05, 3.63) is 71.8 Å².